The van der Waals surface area contributed by atoms with Crippen LogP contribution in [-0.2, 0) is 9.59 Å². The molecule has 0 spiro atoms. The molecular weight excluding hydrogens is 586 g/mol. The van der Waals surface area contributed by atoms with Crippen molar-refractivity contribution in [2.45, 2.75) is 17.0 Å². The third-order valence-corrected chi connectivity index (χ3v) is 7.86. The minimum Gasteiger partial charge on any atom is -0.321 e. The van der Waals surface area contributed by atoms with Gasteiger partial charge in [-0.05, 0) is 65.9 Å². The Morgan fingerprint density at radius 1 is 0.925 bits per heavy atom. The first kappa shape index (κ1) is 29.3. The van der Waals surface area contributed by atoms with E-state index in [1.165, 1.54) is 23.5 Å². The van der Waals surface area contributed by atoms with Crippen LogP contribution in [0.2, 0.25) is 5.02 Å². The second-order valence-electron chi connectivity index (χ2n) is 8.06. The van der Waals surface area contributed by atoms with Gasteiger partial charge in [-0.15, -0.1) is 11.8 Å². The topological polar surface area (TPSA) is 113 Å². The van der Waals surface area contributed by atoms with E-state index in [1.807, 2.05) is 13.0 Å². The molecule has 0 bridgehead atoms. The molecule has 40 heavy (non-hydrogen) atoms. The summed E-state index contributed by atoms with van der Waals surface area (Å²) >= 11 is 10.0. The minimum atomic E-state index is -0.489. The van der Waals surface area contributed by atoms with Crippen molar-refractivity contribution in [3.63, 3.8) is 0 Å². The maximum atomic E-state index is 13.2. The van der Waals surface area contributed by atoms with Crippen LogP contribution in [0.5, 0.6) is 0 Å². The quantitative estimate of drug-likeness (QED) is 0.132. The van der Waals surface area contributed by atoms with Crippen LogP contribution in [0.15, 0.2) is 94.6 Å². The SMILES string of the molecule is CCSc1nsc(NC(=O)CSc2ccc(NC(=O)/C(=C/c3ccc(Cl)cc3)NC(=O)c3ccccc3)cc2)n1. The Morgan fingerprint density at radius 2 is 1.65 bits per heavy atom. The Kier molecular flexibility index (Phi) is 10.8. The highest BCUT2D eigenvalue weighted by atomic mass is 35.5. The molecule has 0 aliphatic rings. The van der Waals surface area contributed by atoms with Crippen LogP contribution in [0, 0.1) is 0 Å². The van der Waals surface area contributed by atoms with E-state index >= 15 is 0 Å². The number of amides is 3. The second kappa shape index (κ2) is 14.7. The van der Waals surface area contributed by atoms with Crippen molar-refractivity contribution in [1.29, 1.82) is 0 Å². The maximum absolute atomic E-state index is 13.2. The van der Waals surface area contributed by atoms with Crippen molar-refractivity contribution in [3.8, 4) is 0 Å². The number of rotatable bonds is 11. The van der Waals surface area contributed by atoms with E-state index in [-0.39, 0.29) is 17.4 Å². The van der Waals surface area contributed by atoms with Crippen LogP contribution >= 0.6 is 46.7 Å². The summed E-state index contributed by atoms with van der Waals surface area (Å²) in [4.78, 5) is 43.4. The number of benzene rings is 3. The van der Waals surface area contributed by atoms with E-state index in [4.69, 9.17) is 11.6 Å². The fourth-order valence-electron chi connectivity index (χ4n) is 3.25. The molecular formula is C28H24ClN5O3S3. The lowest BCUT2D eigenvalue weighted by atomic mass is 10.1. The van der Waals surface area contributed by atoms with Gasteiger partial charge in [0.05, 0.1) is 5.75 Å². The molecule has 0 fully saturated rings. The average molecular weight is 610 g/mol. The molecule has 0 atom stereocenters. The largest absolute Gasteiger partial charge is 0.321 e. The van der Waals surface area contributed by atoms with E-state index in [9.17, 15) is 14.4 Å². The molecule has 0 radical (unpaired) electrons. The lowest BCUT2D eigenvalue weighted by Gasteiger charge is -2.12. The molecule has 4 rings (SSSR count). The predicted molar refractivity (Wildman–Crippen MR) is 164 cm³/mol. The van der Waals surface area contributed by atoms with Gasteiger partial charge in [0, 0.05) is 32.7 Å². The number of nitrogens with zero attached hydrogens (tertiary/aromatic N) is 2. The molecule has 1 heterocycles. The molecule has 8 nitrogen and oxygen atoms in total. The maximum Gasteiger partial charge on any atom is 0.272 e. The normalized spacial score (nSPS) is 11.1. The summed E-state index contributed by atoms with van der Waals surface area (Å²) in [6.45, 7) is 2.01. The molecule has 204 valence electrons. The van der Waals surface area contributed by atoms with Crippen molar-refractivity contribution in [2.75, 3.05) is 22.1 Å². The lowest BCUT2D eigenvalue weighted by molar-refractivity contribution is -0.114. The summed E-state index contributed by atoms with van der Waals surface area (Å²) in [5, 5.41) is 9.97. The Morgan fingerprint density at radius 3 is 2.35 bits per heavy atom. The molecule has 0 aliphatic carbocycles. The lowest BCUT2D eigenvalue weighted by Crippen LogP contribution is -2.30. The first-order valence-electron chi connectivity index (χ1n) is 12.0. The monoisotopic (exact) mass is 609 g/mol. The van der Waals surface area contributed by atoms with Gasteiger partial charge in [0.25, 0.3) is 11.8 Å². The van der Waals surface area contributed by atoms with E-state index < -0.39 is 11.8 Å². The Labute approximate surface area is 249 Å². The summed E-state index contributed by atoms with van der Waals surface area (Å²) in [6.07, 6.45) is 1.58. The number of thioether (sulfide) groups is 2. The first-order chi connectivity index (χ1) is 19.4. The smallest absolute Gasteiger partial charge is 0.272 e. The van der Waals surface area contributed by atoms with Crippen LogP contribution in [0.3, 0.4) is 0 Å². The summed E-state index contributed by atoms with van der Waals surface area (Å²) in [6, 6.07) is 22.6. The summed E-state index contributed by atoms with van der Waals surface area (Å²) in [5.74, 6) is -0.0241. The molecule has 0 unspecified atom stereocenters. The molecule has 0 saturated heterocycles. The molecule has 3 N–H and O–H groups in total. The van der Waals surface area contributed by atoms with Crippen LogP contribution in [0.4, 0.5) is 10.8 Å². The highest BCUT2D eigenvalue weighted by Gasteiger charge is 2.15. The van der Waals surface area contributed by atoms with E-state index in [0.717, 1.165) is 22.2 Å². The third-order valence-electron chi connectivity index (χ3n) is 5.12. The van der Waals surface area contributed by atoms with Crippen molar-refractivity contribution in [3.05, 3.63) is 101 Å². The van der Waals surface area contributed by atoms with Crippen molar-refractivity contribution in [2.24, 2.45) is 0 Å². The van der Waals surface area contributed by atoms with Crippen LogP contribution < -0.4 is 16.0 Å². The number of carbonyl (C=O) groups excluding carboxylic acids is 3. The minimum absolute atomic E-state index is 0.0727. The fourth-order valence-corrected chi connectivity index (χ4v) is 5.36. The van der Waals surface area contributed by atoms with E-state index in [1.54, 1.807) is 78.9 Å². The number of hydrogen-bond donors (Lipinski definition) is 3. The number of carbonyl (C=O) groups is 3. The summed E-state index contributed by atoms with van der Waals surface area (Å²) in [7, 11) is 0. The average Bonchev–Trinajstić information content (AvgIpc) is 3.40. The van der Waals surface area contributed by atoms with Crippen molar-refractivity contribution >= 4 is 81.3 Å². The zero-order chi connectivity index (χ0) is 28.3. The van der Waals surface area contributed by atoms with Gasteiger partial charge in [0.15, 0.2) is 0 Å². The second-order valence-corrected chi connectivity index (χ2v) is 11.5. The predicted octanol–water partition coefficient (Wildman–Crippen LogP) is 6.44. The molecule has 1 aromatic heterocycles. The number of aromatic nitrogens is 2. The fraction of sp³-hybridized carbons (Fsp3) is 0.107. The summed E-state index contributed by atoms with van der Waals surface area (Å²) in [5.41, 5.74) is 1.73. The van der Waals surface area contributed by atoms with Gasteiger partial charge in [-0.3, -0.25) is 19.7 Å². The van der Waals surface area contributed by atoms with Crippen LogP contribution in [0.1, 0.15) is 22.8 Å². The number of anilines is 2. The molecule has 3 amide bonds. The third kappa shape index (κ3) is 8.95. The van der Waals surface area contributed by atoms with E-state index in [0.29, 0.717) is 32.1 Å². The van der Waals surface area contributed by atoms with Crippen molar-refractivity contribution in [1.82, 2.24) is 14.7 Å². The van der Waals surface area contributed by atoms with Crippen LogP contribution in [-0.4, -0.2) is 38.6 Å². The highest BCUT2D eigenvalue weighted by Crippen LogP contribution is 2.23. The summed E-state index contributed by atoms with van der Waals surface area (Å²) < 4.78 is 4.19. The molecule has 0 aliphatic heterocycles. The Bertz CT molecular complexity index is 1490. The molecule has 12 heteroatoms. The zero-order valence-electron chi connectivity index (χ0n) is 21.2. The van der Waals surface area contributed by atoms with E-state index in [2.05, 4.69) is 25.3 Å². The van der Waals surface area contributed by atoms with Gasteiger partial charge in [-0.2, -0.15) is 9.36 Å². The number of nitrogens with one attached hydrogen (secondary N) is 3. The van der Waals surface area contributed by atoms with Crippen LogP contribution in [0.25, 0.3) is 6.08 Å². The van der Waals surface area contributed by atoms with Crippen molar-refractivity contribution < 1.29 is 14.4 Å². The molecule has 4 aromatic rings. The number of halogens is 1. The Balaban J connectivity index is 1.37. The van der Waals surface area contributed by atoms with Gasteiger partial charge in [0.1, 0.15) is 5.70 Å². The molecule has 3 aromatic carbocycles. The van der Waals surface area contributed by atoms with Gasteiger partial charge in [-0.25, -0.2) is 0 Å². The standard InChI is InChI=1S/C28H24ClN5O3S3/c1-2-38-28-33-27(40-34-28)32-24(35)17-39-22-14-12-21(13-15-22)30-26(37)23(16-18-8-10-20(29)11-9-18)31-25(36)19-6-4-3-5-7-19/h3-16H,2,17H2,1H3,(H,30,37)(H,31,36)(H,32,33,34,35)/b23-16-. The Hall–Kier alpha value is -3.64. The van der Waals surface area contributed by atoms with Gasteiger partial charge < -0.3 is 10.6 Å². The highest BCUT2D eigenvalue weighted by molar-refractivity contribution is 8.00. The number of hydrogen-bond acceptors (Lipinski definition) is 8. The zero-order valence-corrected chi connectivity index (χ0v) is 24.4. The van der Waals surface area contributed by atoms with Gasteiger partial charge in [-0.1, -0.05) is 60.6 Å². The first-order valence-corrected chi connectivity index (χ1v) is 15.2. The van der Waals surface area contributed by atoms with Gasteiger partial charge >= 0.3 is 0 Å². The molecule has 0 saturated carbocycles. The van der Waals surface area contributed by atoms with Gasteiger partial charge in [0.2, 0.25) is 16.2 Å².